The van der Waals surface area contributed by atoms with Gasteiger partial charge in [-0.2, -0.15) is 5.10 Å². The predicted molar refractivity (Wildman–Crippen MR) is 63.1 cm³/mol. The molecule has 3 rings (SSSR count). The van der Waals surface area contributed by atoms with Crippen molar-refractivity contribution >= 4 is 11.6 Å². The van der Waals surface area contributed by atoms with Crippen LogP contribution in [0, 0.1) is 0 Å². The van der Waals surface area contributed by atoms with Crippen LogP contribution in [0.3, 0.4) is 0 Å². The van der Waals surface area contributed by atoms with Crippen molar-refractivity contribution < 1.29 is 14.3 Å². The van der Waals surface area contributed by atoms with Crippen molar-refractivity contribution in [3.63, 3.8) is 0 Å². The fourth-order valence-corrected chi connectivity index (χ4v) is 2.26. The van der Waals surface area contributed by atoms with Gasteiger partial charge in [-0.15, -0.1) is 0 Å². The summed E-state index contributed by atoms with van der Waals surface area (Å²) in [6.45, 7) is 0. The van der Waals surface area contributed by atoms with Gasteiger partial charge in [-0.25, -0.2) is 0 Å². The molecule has 5 nitrogen and oxygen atoms in total. The topological polar surface area (TPSA) is 61.2 Å². The van der Waals surface area contributed by atoms with Crippen LogP contribution in [0.4, 0.5) is 0 Å². The van der Waals surface area contributed by atoms with Crippen molar-refractivity contribution in [3.05, 3.63) is 46.8 Å². The standard InChI is InChI=1S/C13H10N2O3/c1-15-11-8(6-14-15)12(16)10-7(13(11)17)4-3-5-9(10)18-2/h3-6H,1-2H3. The fourth-order valence-electron chi connectivity index (χ4n) is 2.26. The molecule has 5 heteroatoms. The minimum atomic E-state index is -0.217. The minimum Gasteiger partial charge on any atom is -0.496 e. The molecule has 0 unspecified atom stereocenters. The molecule has 0 atom stereocenters. The molecule has 1 heterocycles. The first-order valence-corrected chi connectivity index (χ1v) is 5.43. The summed E-state index contributed by atoms with van der Waals surface area (Å²) in [5.41, 5.74) is 1.36. The average Bonchev–Trinajstić information content (AvgIpc) is 2.77. The van der Waals surface area contributed by atoms with Gasteiger partial charge in [0.05, 0.1) is 24.4 Å². The van der Waals surface area contributed by atoms with Crippen LogP contribution in [0.15, 0.2) is 24.4 Å². The van der Waals surface area contributed by atoms with E-state index < -0.39 is 0 Å². The number of aryl methyl sites for hydroxylation is 1. The molecule has 0 fully saturated rings. The Labute approximate surface area is 103 Å². The molecule has 0 spiro atoms. The number of hydrogen-bond donors (Lipinski definition) is 0. The van der Waals surface area contributed by atoms with Crippen molar-refractivity contribution in [3.8, 4) is 5.75 Å². The molecule has 1 aromatic carbocycles. The maximum atomic E-state index is 12.4. The highest BCUT2D eigenvalue weighted by molar-refractivity contribution is 6.28. The first-order chi connectivity index (χ1) is 8.65. The van der Waals surface area contributed by atoms with Gasteiger partial charge in [0.1, 0.15) is 11.4 Å². The van der Waals surface area contributed by atoms with E-state index in [1.54, 1.807) is 25.2 Å². The van der Waals surface area contributed by atoms with E-state index in [2.05, 4.69) is 5.10 Å². The molecule has 0 amide bonds. The SMILES string of the molecule is COc1cccc2c1C(=O)c1cnn(C)c1C2=O. The normalized spacial score (nSPS) is 13.2. The van der Waals surface area contributed by atoms with Crippen molar-refractivity contribution in [1.29, 1.82) is 0 Å². The smallest absolute Gasteiger partial charge is 0.212 e. The third kappa shape index (κ3) is 1.18. The van der Waals surface area contributed by atoms with Crippen LogP contribution in [-0.4, -0.2) is 28.5 Å². The van der Waals surface area contributed by atoms with E-state index in [1.807, 2.05) is 0 Å². The van der Waals surface area contributed by atoms with Gasteiger partial charge < -0.3 is 4.74 Å². The fraction of sp³-hybridized carbons (Fsp3) is 0.154. The summed E-state index contributed by atoms with van der Waals surface area (Å²) in [5, 5.41) is 3.97. The number of hydrogen-bond acceptors (Lipinski definition) is 4. The second kappa shape index (κ2) is 3.53. The Bertz CT molecular complexity index is 686. The average molecular weight is 242 g/mol. The number of aromatic nitrogens is 2. The molecule has 90 valence electrons. The number of ether oxygens (including phenoxy) is 1. The zero-order chi connectivity index (χ0) is 12.9. The van der Waals surface area contributed by atoms with Gasteiger partial charge in [0, 0.05) is 12.6 Å². The van der Waals surface area contributed by atoms with Crippen molar-refractivity contribution in [2.45, 2.75) is 0 Å². The summed E-state index contributed by atoms with van der Waals surface area (Å²) < 4.78 is 6.58. The molecule has 1 aliphatic rings. The summed E-state index contributed by atoms with van der Waals surface area (Å²) in [6.07, 6.45) is 1.42. The number of nitrogens with zero attached hydrogens (tertiary/aromatic N) is 2. The molecule has 0 N–H and O–H groups in total. The van der Waals surface area contributed by atoms with Gasteiger partial charge in [0.2, 0.25) is 11.6 Å². The minimum absolute atomic E-state index is 0.196. The van der Waals surface area contributed by atoms with Crippen LogP contribution in [-0.2, 0) is 7.05 Å². The summed E-state index contributed by atoms with van der Waals surface area (Å²) in [6, 6.07) is 5.00. The predicted octanol–water partition coefficient (Wildman–Crippen LogP) is 1.20. The van der Waals surface area contributed by atoms with Crippen LogP contribution < -0.4 is 4.74 Å². The van der Waals surface area contributed by atoms with E-state index >= 15 is 0 Å². The first kappa shape index (κ1) is 10.7. The Balaban J connectivity index is 2.35. The highest BCUT2D eigenvalue weighted by Crippen LogP contribution is 2.32. The van der Waals surface area contributed by atoms with Gasteiger partial charge in [0.25, 0.3) is 0 Å². The van der Waals surface area contributed by atoms with E-state index in [0.717, 1.165) is 0 Å². The van der Waals surface area contributed by atoms with Gasteiger partial charge in [0.15, 0.2) is 0 Å². The Hall–Kier alpha value is -2.43. The molecule has 0 aliphatic heterocycles. The number of benzene rings is 1. The largest absolute Gasteiger partial charge is 0.496 e. The number of carbonyl (C=O) groups is 2. The maximum Gasteiger partial charge on any atom is 0.212 e. The lowest BCUT2D eigenvalue weighted by molar-refractivity contribution is 0.0971. The molecule has 1 aliphatic carbocycles. The summed E-state index contributed by atoms with van der Waals surface area (Å²) in [4.78, 5) is 24.7. The number of fused-ring (bicyclic) bond motifs is 2. The van der Waals surface area contributed by atoms with E-state index in [1.165, 1.54) is 18.0 Å². The summed E-state index contributed by atoms with van der Waals surface area (Å²) in [7, 11) is 3.13. The highest BCUT2D eigenvalue weighted by Gasteiger charge is 2.34. The Morgan fingerprint density at radius 3 is 2.67 bits per heavy atom. The summed E-state index contributed by atoms with van der Waals surface area (Å²) >= 11 is 0. The van der Waals surface area contributed by atoms with Gasteiger partial charge >= 0.3 is 0 Å². The lowest BCUT2D eigenvalue weighted by Gasteiger charge is -2.17. The van der Waals surface area contributed by atoms with Crippen molar-refractivity contribution in [1.82, 2.24) is 9.78 Å². The van der Waals surface area contributed by atoms with Gasteiger partial charge in [-0.05, 0) is 12.1 Å². The Morgan fingerprint density at radius 2 is 1.94 bits per heavy atom. The number of methoxy groups -OCH3 is 1. The maximum absolute atomic E-state index is 12.4. The highest BCUT2D eigenvalue weighted by atomic mass is 16.5. The molecule has 18 heavy (non-hydrogen) atoms. The third-order valence-electron chi connectivity index (χ3n) is 3.12. The second-order valence-corrected chi connectivity index (χ2v) is 4.07. The number of ketones is 2. The monoisotopic (exact) mass is 242 g/mol. The van der Waals surface area contributed by atoms with Crippen molar-refractivity contribution in [2.24, 2.45) is 7.05 Å². The molecule has 0 bridgehead atoms. The zero-order valence-corrected chi connectivity index (χ0v) is 9.93. The van der Waals surface area contributed by atoms with Crippen LogP contribution in [0.1, 0.15) is 32.0 Å². The van der Waals surface area contributed by atoms with Gasteiger partial charge in [-0.3, -0.25) is 14.3 Å². The summed E-state index contributed by atoms with van der Waals surface area (Å²) in [5.74, 6) is 0.00371. The number of carbonyl (C=O) groups excluding carboxylic acids is 2. The van der Waals surface area contributed by atoms with Crippen LogP contribution in [0.2, 0.25) is 0 Å². The van der Waals surface area contributed by atoms with E-state index in [9.17, 15) is 9.59 Å². The Kier molecular flexibility index (Phi) is 2.10. The van der Waals surface area contributed by atoms with E-state index in [4.69, 9.17) is 4.74 Å². The molecule has 0 radical (unpaired) electrons. The third-order valence-corrected chi connectivity index (χ3v) is 3.12. The quantitative estimate of drug-likeness (QED) is 0.643. The molecular weight excluding hydrogens is 232 g/mol. The molecule has 0 saturated heterocycles. The second-order valence-electron chi connectivity index (χ2n) is 4.07. The lowest BCUT2D eigenvalue weighted by atomic mass is 9.87. The number of rotatable bonds is 1. The van der Waals surface area contributed by atoms with Crippen LogP contribution >= 0.6 is 0 Å². The molecule has 0 saturated carbocycles. The zero-order valence-electron chi connectivity index (χ0n) is 9.93. The van der Waals surface area contributed by atoms with Gasteiger partial charge in [-0.1, -0.05) is 6.07 Å². The van der Waals surface area contributed by atoms with Crippen molar-refractivity contribution in [2.75, 3.05) is 7.11 Å². The van der Waals surface area contributed by atoms with E-state index in [-0.39, 0.29) is 11.6 Å². The molecule has 1 aromatic heterocycles. The molecular formula is C13H10N2O3. The molecule has 2 aromatic rings. The van der Waals surface area contributed by atoms with Crippen LogP contribution in [0.5, 0.6) is 5.75 Å². The van der Waals surface area contributed by atoms with Crippen LogP contribution in [0.25, 0.3) is 0 Å². The lowest BCUT2D eigenvalue weighted by Crippen LogP contribution is -2.22. The Morgan fingerprint density at radius 1 is 1.17 bits per heavy atom. The van der Waals surface area contributed by atoms with E-state index in [0.29, 0.717) is 28.1 Å². The first-order valence-electron chi connectivity index (χ1n) is 5.43.